The van der Waals surface area contributed by atoms with Gasteiger partial charge in [0.05, 0.1) is 22.8 Å². The monoisotopic (exact) mass is 426 g/mol. The van der Waals surface area contributed by atoms with Crippen molar-refractivity contribution in [2.24, 2.45) is 0 Å². The molecule has 0 spiro atoms. The second-order valence-corrected chi connectivity index (χ2v) is 6.17. The van der Waals surface area contributed by atoms with Crippen molar-refractivity contribution < 1.29 is 32.6 Å². The van der Waals surface area contributed by atoms with Crippen LogP contribution in [0.4, 0.5) is 14.5 Å². The zero-order valence-corrected chi connectivity index (χ0v) is 16.0. The van der Waals surface area contributed by atoms with E-state index in [4.69, 9.17) is 16.3 Å². The molecule has 2 rings (SSSR count). The Labute approximate surface area is 170 Å². The number of halogens is 3. The van der Waals surface area contributed by atoms with Gasteiger partial charge in [0.1, 0.15) is 5.75 Å². The number of hydrogen-bond acceptors (Lipinski definition) is 5. The summed E-state index contributed by atoms with van der Waals surface area (Å²) in [5.74, 6) is -2.23. The van der Waals surface area contributed by atoms with E-state index in [-0.39, 0.29) is 17.9 Å². The third kappa shape index (κ3) is 7.04. The Morgan fingerprint density at radius 1 is 1.14 bits per heavy atom. The fourth-order valence-corrected chi connectivity index (χ4v) is 2.36. The maximum Gasteiger partial charge on any atom is 0.387 e. The molecule has 0 bridgehead atoms. The van der Waals surface area contributed by atoms with Gasteiger partial charge < -0.3 is 19.7 Å². The van der Waals surface area contributed by atoms with E-state index >= 15 is 0 Å². The summed E-state index contributed by atoms with van der Waals surface area (Å²) in [4.78, 5) is 37.1. The molecule has 0 aromatic heterocycles. The number of carbonyl (C=O) groups excluding carboxylic acids is 3. The van der Waals surface area contributed by atoms with Crippen molar-refractivity contribution in [3.63, 3.8) is 0 Å². The lowest BCUT2D eigenvalue weighted by molar-refractivity contribution is -0.136. The number of benzene rings is 2. The topological polar surface area (TPSA) is 84.9 Å². The summed E-state index contributed by atoms with van der Waals surface area (Å²) in [5.41, 5.74) is 0.340. The number of carbonyl (C=O) groups is 3. The Balaban J connectivity index is 1.84. The van der Waals surface area contributed by atoms with Crippen LogP contribution in [0.5, 0.6) is 5.75 Å². The molecule has 0 radical (unpaired) electrons. The van der Waals surface area contributed by atoms with E-state index in [0.717, 1.165) is 11.0 Å². The van der Waals surface area contributed by atoms with Crippen molar-refractivity contribution in [2.75, 3.05) is 25.5 Å². The lowest BCUT2D eigenvalue weighted by Crippen LogP contribution is -2.37. The molecule has 154 valence electrons. The van der Waals surface area contributed by atoms with Crippen LogP contribution in [0.3, 0.4) is 0 Å². The second-order valence-electron chi connectivity index (χ2n) is 5.76. The van der Waals surface area contributed by atoms with Gasteiger partial charge in [-0.3, -0.25) is 9.59 Å². The molecule has 0 aliphatic carbocycles. The SMILES string of the molecule is CN(CC(=O)Nc1ccccc1Cl)C(=O)COC(=O)c1cccc(OC(F)F)c1. The number of alkyl halides is 2. The number of hydrogen-bond donors (Lipinski definition) is 1. The third-order valence-electron chi connectivity index (χ3n) is 3.58. The smallest absolute Gasteiger partial charge is 0.387 e. The summed E-state index contributed by atoms with van der Waals surface area (Å²) < 4.78 is 33.5. The van der Waals surface area contributed by atoms with Crippen LogP contribution in [0.25, 0.3) is 0 Å². The molecule has 2 aromatic carbocycles. The summed E-state index contributed by atoms with van der Waals surface area (Å²) in [6.07, 6.45) is 0. The van der Waals surface area contributed by atoms with Crippen LogP contribution in [0.1, 0.15) is 10.4 Å². The summed E-state index contributed by atoms with van der Waals surface area (Å²) in [7, 11) is 1.36. The molecule has 0 atom stereocenters. The summed E-state index contributed by atoms with van der Waals surface area (Å²) >= 11 is 5.95. The molecule has 0 saturated carbocycles. The van der Waals surface area contributed by atoms with Crippen molar-refractivity contribution in [1.29, 1.82) is 0 Å². The van der Waals surface area contributed by atoms with Crippen molar-refractivity contribution in [1.82, 2.24) is 4.90 Å². The van der Waals surface area contributed by atoms with E-state index in [1.807, 2.05) is 0 Å². The van der Waals surface area contributed by atoms with E-state index in [2.05, 4.69) is 10.1 Å². The number of anilines is 1. The first kappa shape index (κ1) is 22.1. The molecule has 0 unspecified atom stereocenters. The van der Waals surface area contributed by atoms with E-state index in [1.54, 1.807) is 24.3 Å². The number of esters is 1. The highest BCUT2D eigenvalue weighted by atomic mass is 35.5. The molecular weight excluding hydrogens is 410 g/mol. The standard InChI is InChI=1S/C19H17ClF2N2O5/c1-24(10-16(25)23-15-8-3-2-7-14(15)20)17(26)11-28-18(27)12-5-4-6-13(9-12)29-19(21)22/h2-9,19H,10-11H2,1H3,(H,23,25). The van der Waals surface area contributed by atoms with Crippen molar-refractivity contribution in [3.05, 3.63) is 59.1 Å². The Morgan fingerprint density at radius 3 is 2.55 bits per heavy atom. The Kier molecular flexibility index (Phi) is 7.90. The summed E-state index contributed by atoms with van der Waals surface area (Å²) in [5, 5.41) is 2.91. The van der Waals surface area contributed by atoms with Gasteiger partial charge in [0.15, 0.2) is 6.61 Å². The van der Waals surface area contributed by atoms with Crippen LogP contribution in [0.15, 0.2) is 48.5 Å². The van der Waals surface area contributed by atoms with Crippen LogP contribution in [-0.2, 0) is 14.3 Å². The van der Waals surface area contributed by atoms with Gasteiger partial charge in [0, 0.05) is 7.05 Å². The van der Waals surface area contributed by atoms with Gasteiger partial charge in [-0.2, -0.15) is 8.78 Å². The fraction of sp³-hybridized carbons (Fsp3) is 0.211. The quantitative estimate of drug-likeness (QED) is 0.655. The highest BCUT2D eigenvalue weighted by Crippen LogP contribution is 2.20. The number of likely N-dealkylation sites (N-methyl/N-ethyl adjacent to an activating group) is 1. The average Bonchev–Trinajstić information content (AvgIpc) is 2.67. The average molecular weight is 427 g/mol. The first-order valence-electron chi connectivity index (χ1n) is 8.26. The third-order valence-corrected chi connectivity index (χ3v) is 3.91. The van der Waals surface area contributed by atoms with Gasteiger partial charge in [-0.1, -0.05) is 29.8 Å². The Morgan fingerprint density at radius 2 is 1.86 bits per heavy atom. The Hall–Kier alpha value is -3.20. The largest absolute Gasteiger partial charge is 0.452 e. The van der Waals surface area contributed by atoms with E-state index in [1.165, 1.54) is 25.2 Å². The zero-order chi connectivity index (χ0) is 21.4. The Bertz CT molecular complexity index is 894. The predicted octanol–water partition coefficient (Wildman–Crippen LogP) is 3.20. The maximum absolute atomic E-state index is 12.2. The number of nitrogens with one attached hydrogen (secondary N) is 1. The molecule has 7 nitrogen and oxygen atoms in total. The highest BCUT2D eigenvalue weighted by Gasteiger charge is 2.17. The van der Waals surface area contributed by atoms with Gasteiger partial charge in [-0.25, -0.2) is 4.79 Å². The minimum absolute atomic E-state index is 0.0601. The molecule has 0 aliphatic heterocycles. The van der Waals surface area contributed by atoms with Gasteiger partial charge in [-0.15, -0.1) is 0 Å². The molecule has 0 saturated heterocycles. The van der Waals surface area contributed by atoms with Gasteiger partial charge >= 0.3 is 12.6 Å². The first-order valence-corrected chi connectivity index (χ1v) is 8.64. The predicted molar refractivity (Wildman–Crippen MR) is 101 cm³/mol. The minimum Gasteiger partial charge on any atom is -0.452 e. The number of rotatable bonds is 8. The van der Waals surface area contributed by atoms with Crippen LogP contribution in [0.2, 0.25) is 5.02 Å². The van der Waals surface area contributed by atoms with Gasteiger partial charge in [0.2, 0.25) is 5.91 Å². The molecule has 10 heteroatoms. The van der Waals surface area contributed by atoms with Crippen molar-refractivity contribution in [2.45, 2.75) is 6.61 Å². The summed E-state index contributed by atoms with van der Waals surface area (Å²) in [6, 6.07) is 11.6. The second kappa shape index (κ2) is 10.4. The molecule has 1 N–H and O–H groups in total. The van der Waals surface area contributed by atoms with Crippen LogP contribution < -0.4 is 10.1 Å². The zero-order valence-electron chi connectivity index (χ0n) is 15.2. The number of para-hydroxylation sites is 1. The normalized spacial score (nSPS) is 10.4. The molecular formula is C19H17ClF2N2O5. The summed E-state index contributed by atoms with van der Waals surface area (Å²) in [6.45, 7) is -3.96. The van der Waals surface area contributed by atoms with Crippen LogP contribution in [-0.4, -0.2) is 49.5 Å². The van der Waals surface area contributed by atoms with Crippen molar-refractivity contribution in [3.8, 4) is 5.75 Å². The number of ether oxygens (including phenoxy) is 2. The molecule has 29 heavy (non-hydrogen) atoms. The van der Waals surface area contributed by atoms with Crippen molar-refractivity contribution >= 4 is 35.1 Å². The van der Waals surface area contributed by atoms with E-state index in [9.17, 15) is 23.2 Å². The molecule has 0 aliphatic rings. The molecule has 2 amide bonds. The molecule has 0 fully saturated rings. The van der Waals surface area contributed by atoms with E-state index < -0.39 is 31.0 Å². The minimum atomic E-state index is -3.03. The molecule has 0 heterocycles. The highest BCUT2D eigenvalue weighted by molar-refractivity contribution is 6.33. The maximum atomic E-state index is 12.2. The number of nitrogens with zero attached hydrogens (tertiary/aromatic N) is 1. The fourth-order valence-electron chi connectivity index (χ4n) is 2.18. The lowest BCUT2D eigenvalue weighted by Gasteiger charge is -2.17. The first-order chi connectivity index (χ1) is 13.8. The lowest BCUT2D eigenvalue weighted by atomic mass is 10.2. The van der Waals surface area contributed by atoms with Crippen LogP contribution >= 0.6 is 11.6 Å². The molecule has 2 aromatic rings. The van der Waals surface area contributed by atoms with Gasteiger partial charge in [0.25, 0.3) is 5.91 Å². The van der Waals surface area contributed by atoms with E-state index in [0.29, 0.717) is 10.7 Å². The van der Waals surface area contributed by atoms with Gasteiger partial charge in [-0.05, 0) is 30.3 Å². The van der Waals surface area contributed by atoms with Crippen LogP contribution in [0, 0.1) is 0 Å². The number of amides is 2.